The molecular formula is C11H14N2O5. The molecule has 0 bridgehead atoms. The van der Waals surface area contributed by atoms with Crippen molar-refractivity contribution in [2.24, 2.45) is 0 Å². The van der Waals surface area contributed by atoms with Crippen LogP contribution in [-0.4, -0.2) is 40.8 Å². The lowest BCUT2D eigenvalue weighted by Crippen LogP contribution is -2.28. The third kappa shape index (κ3) is 3.17. The molecule has 0 aliphatic rings. The first-order chi connectivity index (χ1) is 8.32. The van der Waals surface area contributed by atoms with Crippen LogP contribution in [0.4, 0.5) is 11.4 Å². The fourth-order valence-electron chi connectivity index (χ4n) is 1.64. The van der Waals surface area contributed by atoms with Crippen molar-refractivity contribution in [2.75, 3.05) is 18.5 Å². The Kier molecular flexibility index (Phi) is 4.22. The number of aliphatic hydroxyl groups excluding tert-OH is 1. The lowest BCUT2D eigenvalue weighted by molar-refractivity contribution is -0.384. The van der Waals surface area contributed by atoms with Gasteiger partial charge in [0.1, 0.15) is 0 Å². The van der Waals surface area contributed by atoms with Crippen LogP contribution in [0.2, 0.25) is 0 Å². The maximum atomic E-state index is 11.1. The van der Waals surface area contributed by atoms with Gasteiger partial charge in [0.05, 0.1) is 22.3 Å². The van der Waals surface area contributed by atoms with Crippen LogP contribution in [-0.2, 0) is 0 Å². The quantitative estimate of drug-likeness (QED) is 0.602. The van der Waals surface area contributed by atoms with Crippen molar-refractivity contribution in [3.8, 4) is 0 Å². The molecule has 0 fully saturated rings. The second-order valence-corrected chi connectivity index (χ2v) is 3.99. The molecular weight excluding hydrogens is 240 g/mol. The SMILES string of the molecule is CC(O)CN(C)c1ccc([N+](=O)[O-])cc1C(=O)O. The van der Waals surface area contributed by atoms with Gasteiger partial charge in [0.2, 0.25) is 0 Å². The molecule has 0 saturated heterocycles. The van der Waals surface area contributed by atoms with Gasteiger partial charge in [-0.2, -0.15) is 0 Å². The predicted molar refractivity (Wildman–Crippen MR) is 65.0 cm³/mol. The number of hydrogen-bond acceptors (Lipinski definition) is 5. The Bertz CT molecular complexity index is 473. The lowest BCUT2D eigenvalue weighted by atomic mass is 10.1. The van der Waals surface area contributed by atoms with Gasteiger partial charge in [0.15, 0.2) is 0 Å². The smallest absolute Gasteiger partial charge is 0.338 e. The average molecular weight is 254 g/mol. The Balaban J connectivity index is 3.19. The summed E-state index contributed by atoms with van der Waals surface area (Å²) in [6.07, 6.45) is -0.633. The summed E-state index contributed by atoms with van der Waals surface area (Å²) in [5, 5.41) is 28.9. The number of carboxylic acid groups (broad SMARTS) is 1. The van der Waals surface area contributed by atoms with Crippen LogP contribution in [0.25, 0.3) is 0 Å². The van der Waals surface area contributed by atoms with Crippen LogP contribution >= 0.6 is 0 Å². The molecule has 18 heavy (non-hydrogen) atoms. The molecule has 0 saturated carbocycles. The summed E-state index contributed by atoms with van der Waals surface area (Å²) in [5.74, 6) is -1.24. The third-order valence-electron chi connectivity index (χ3n) is 2.37. The highest BCUT2D eigenvalue weighted by Gasteiger charge is 2.18. The summed E-state index contributed by atoms with van der Waals surface area (Å²) >= 11 is 0. The summed E-state index contributed by atoms with van der Waals surface area (Å²) < 4.78 is 0. The number of hydrogen-bond donors (Lipinski definition) is 2. The van der Waals surface area contributed by atoms with Crippen LogP contribution < -0.4 is 4.90 Å². The van der Waals surface area contributed by atoms with Crippen LogP contribution in [0.5, 0.6) is 0 Å². The first-order valence-electron chi connectivity index (χ1n) is 5.24. The summed E-state index contributed by atoms with van der Waals surface area (Å²) in [4.78, 5) is 22.6. The number of non-ortho nitro benzene ring substituents is 1. The van der Waals surface area contributed by atoms with E-state index < -0.39 is 17.0 Å². The Morgan fingerprint density at radius 3 is 2.61 bits per heavy atom. The topological polar surface area (TPSA) is 104 Å². The third-order valence-corrected chi connectivity index (χ3v) is 2.37. The van der Waals surface area contributed by atoms with Gasteiger partial charge in [-0.05, 0) is 13.0 Å². The fraction of sp³-hybridized carbons (Fsp3) is 0.364. The van der Waals surface area contributed by atoms with E-state index in [1.165, 1.54) is 17.0 Å². The van der Waals surface area contributed by atoms with Gasteiger partial charge in [0, 0.05) is 25.7 Å². The number of aliphatic hydroxyl groups is 1. The number of carbonyl (C=O) groups is 1. The van der Waals surface area contributed by atoms with E-state index >= 15 is 0 Å². The Hall–Kier alpha value is -2.15. The van der Waals surface area contributed by atoms with E-state index in [9.17, 15) is 20.0 Å². The molecule has 0 aromatic heterocycles. The van der Waals surface area contributed by atoms with Crippen LogP contribution in [0.15, 0.2) is 18.2 Å². The Morgan fingerprint density at radius 2 is 2.17 bits per heavy atom. The van der Waals surface area contributed by atoms with Crippen molar-refractivity contribution < 1.29 is 19.9 Å². The molecule has 1 unspecified atom stereocenters. The second kappa shape index (κ2) is 5.46. The monoisotopic (exact) mass is 254 g/mol. The van der Waals surface area contributed by atoms with E-state index in [2.05, 4.69) is 0 Å². The number of likely N-dealkylation sites (N-methyl/N-ethyl adjacent to an activating group) is 1. The zero-order chi connectivity index (χ0) is 13.9. The molecule has 98 valence electrons. The largest absolute Gasteiger partial charge is 0.478 e. The van der Waals surface area contributed by atoms with Crippen LogP contribution in [0, 0.1) is 10.1 Å². The maximum absolute atomic E-state index is 11.1. The van der Waals surface area contributed by atoms with Crippen molar-refractivity contribution in [2.45, 2.75) is 13.0 Å². The highest BCUT2D eigenvalue weighted by molar-refractivity contribution is 5.95. The van der Waals surface area contributed by atoms with Gasteiger partial charge < -0.3 is 15.1 Å². The van der Waals surface area contributed by atoms with E-state index in [1.807, 2.05) is 0 Å². The molecule has 0 amide bonds. The molecule has 0 radical (unpaired) electrons. The second-order valence-electron chi connectivity index (χ2n) is 3.99. The Labute approximate surface area is 103 Å². The number of carboxylic acids is 1. The van der Waals surface area contributed by atoms with Gasteiger partial charge in [-0.3, -0.25) is 10.1 Å². The molecule has 7 heteroatoms. The zero-order valence-corrected chi connectivity index (χ0v) is 10.0. The van der Waals surface area contributed by atoms with Crippen molar-refractivity contribution >= 4 is 17.3 Å². The van der Waals surface area contributed by atoms with E-state index in [1.54, 1.807) is 14.0 Å². The number of nitro benzene ring substituents is 1. The molecule has 0 heterocycles. The maximum Gasteiger partial charge on any atom is 0.338 e. The minimum Gasteiger partial charge on any atom is -0.478 e. The number of rotatable bonds is 5. The van der Waals surface area contributed by atoms with Crippen molar-refractivity contribution in [1.29, 1.82) is 0 Å². The normalized spacial score (nSPS) is 11.9. The fourth-order valence-corrected chi connectivity index (χ4v) is 1.64. The minimum absolute atomic E-state index is 0.160. The van der Waals surface area contributed by atoms with Crippen molar-refractivity contribution in [3.05, 3.63) is 33.9 Å². The first-order valence-corrected chi connectivity index (χ1v) is 5.24. The summed E-state index contributed by atoms with van der Waals surface area (Å²) in [6, 6.07) is 3.61. The van der Waals surface area contributed by atoms with E-state index in [0.717, 1.165) is 6.07 Å². The van der Waals surface area contributed by atoms with Crippen molar-refractivity contribution in [1.82, 2.24) is 0 Å². The van der Waals surface area contributed by atoms with E-state index in [4.69, 9.17) is 5.11 Å². The first kappa shape index (κ1) is 13.9. The van der Waals surface area contributed by atoms with Crippen molar-refractivity contribution in [3.63, 3.8) is 0 Å². The Morgan fingerprint density at radius 1 is 1.56 bits per heavy atom. The summed E-state index contributed by atoms with van der Waals surface area (Å²) in [6.45, 7) is 1.81. The molecule has 2 N–H and O–H groups in total. The number of anilines is 1. The minimum atomic E-state index is -1.24. The zero-order valence-electron chi connectivity index (χ0n) is 10.0. The molecule has 0 spiro atoms. The number of nitro groups is 1. The van der Waals surface area contributed by atoms with Crippen LogP contribution in [0.1, 0.15) is 17.3 Å². The van der Waals surface area contributed by atoms with Gasteiger partial charge in [-0.15, -0.1) is 0 Å². The van der Waals surface area contributed by atoms with E-state index in [0.29, 0.717) is 5.69 Å². The predicted octanol–water partition coefficient (Wildman–Crippen LogP) is 1.11. The molecule has 1 atom stereocenters. The van der Waals surface area contributed by atoms with Gasteiger partial charge in [0.25, 0.3) is 5.69 Å². The molecule has 0 aliphatic carbocycles. The highest BCUT2D eigenvalue weighted by atomic mass is 16.6. The van der Waals surface area contributed by atoms with Crippen LogP contribution in [0.3, 0.4) is 0 Å². The summed E-state index contributed by atoms with van der Waals surface area (Å²) in [7, 11) is 1.61. The molecule has 1 aromatic rings. The van der Waals surface area contributed by atoms with Gasteiger partial charge in [-0.25, -0.2) is 4.79 Å². The van der Waals surface area contributed by atoms with Gasteiger partial charge in [-0.1, -0.05) is 0 Å². The molecule has 1 rings (SSSR count). The van der Waals surface area contributed by atoms with Gasteiger partial charge >= 0.3 is 5.97 Å². The molecule has 1 aromatic carbocycles. The van der Waals surface area contributed by atoms with E-state index in [-0.39, 0.29) is 17.8 Å². The number of nitrogens with zero attached hydrogens (tertiary/aromatic N) is 2. The number of benzene rings is 1. The summed E-state index contributed by atoms with van der Waals surface area (Å²) in [5.41, 5.74) is -0.108. The highest BCUT2D eigenvalue weighted by Crippen LogP contribution is 2.25. The standard InChI is InChI=1S/C11H14N2O5/c1-7(14)6-12(2)10-4-3-8(13(17)18)5-9(10)11(15)16/h3-5,7,14H,6H2,1-2H3,(H,15,16). The molecule has 0 aliphatic heterocycles. The molecule has 7 nitrogen and oxygen atoms in total. The lowest BCUT2D eigenvalue weighted by Gasteiger charge is -2.22. The number of aromatic carboxylic acids is 1. The average Bonchev–Trinajstić information content (AvgIpc) is 2.26.